The van der Waals surface area contributed by atoms with Crippen LogP contribution in [0, 0.1) is 5.92 Å². The third kappa shape index (κ3) is 4.37. The van der Waals surface area contributed by atoms with Gasteiger partial charge in [-0.25, -0.2) is 0 Å². The Bertz CT molecular complexity index is 432. The molecule has 4 nitrogen and oxygen atoms in total. The van der Waals surface area contributed by atoms with Gasteiger partial charge in [-0.3, -0.25) is 9.59 Å². The van der Waals surface area contributed by atoms with Crippen molar-refractivity contribution in [3.05, 3.63) is 29.8 Å². The van der Waals surface area contributed by atoms with Gasteiger partial charge in [0.2, 0.25) is 0 Å². The zero-order valence-corrected chi connectivity index (χ0v) is 11.5. The van der Waals surface area contributed by atoms with Crippen molar-refractivity contribution in [2.75, 3.05) is 13.2 Å². The fraction of sp³-hybridized carbons (Fsp3) is 0.500. The summed E-state index contributed by atoms with van der Waals surface area (Å²) in [5.41, 5.74) is 0.612. The largest absolute Gasteiger partial charge is 0.490 e. The van der Waals surface area contributed by atoms with E-state index in [1.807, 2.05) is 0 Å². The highest BCUT2D eigenvalue weighted by Gasteiger charge is 2.22. The van der Waals surface area contributed by atoms with Crippen LogP contribution in [0.2, 0.25) is 0 Å². The van der Waals surface area contributed by atoms with Crippen LogP contribution in [-0.4, -0.2) is 25.5 Å². The normalized spacial score (nSPS) is 15.6. The Hall–Kier alpha value is -1.84. The van der Waals surface area contributed by atoms with Gasteiger partial charge in [0.15, 0.2) is 0 Å². The lowest BCUT2D eigenvalue weighted by molar-refractivity contribution is -0.150. The van der Waals surface area contributed by atoms with Crippen LogP contribution in [0.3, 0.4) is 0 Å². The Morgan fingerprint density at radius 3 is 2.45 bits per heavy atom. The maximum Gasteiger partial charge on any atom is 0.309 e. The second kappa shape index (κ2) is 7.68. The molecule has 1 fully saturated rings. The molecule has 20 heavy (non-hydrogen) atoms. The average molecular weight is 276 g/mol. The molecular weight excluding hydrogens is 256 g/mol. The van der Waals surface area contributed by atoms with Crippen molar-refractivity contribution in [2.24, 2.45) is 5.92 Å². The Balaban J connectivity index is 1.65. The number of ether oxygens (including phenoxy) is 2. The summed E-state index contributed by atoms with van der Waals surface area (Å²) in [4.78, 5) is 22.3. The van der Waals surface area contributed by atoms with Gasteiger partial charge in [0, 0.05) is 5.56 Å². The smallest absolute Gasteiger partial charge is 0.309 e. The van der Waals surface area contributed by atoms with Crippen molar-refractivity contribution < 1.29 is 19.1 Å². The van der Waals surface area contributed by atoms with Crippen molar-refractivity contribution >= 4 is 12.3 Å². The van der Waals surface area contributed by atoms with E-state index >= 15 is 0 Å². The number of hydrogen-bond donors (Lipinski definition) is 0. The van der Waals surface area contributed by atoms with Gasteiger partial charge < -0.3 is 9.47 Å². The zero-order valence-electron chi connectivity index (χ0n) is 11.5. The van der Waals surface area contributed by atoms with E-state index in [1.165, 1.54) is 6.42 Å². The molecule has 1 aliphatic rings. The molecule has 0 N–H and O–H groups in total. The molecule has 1 aromatic carbocycles. The number of carbonyl (C=O) groups excluding carboxylic acids is 2. The summed E-state index contributed by atoms with van der Waals surface area (Å²) >= 11 is 0. The van der Waals surface area contributed by atoms with Crippen LogP contribution < -0.4 is 4.74 Å². The third-order valence-corrected chi connectivity index (χ3v) is 3.55. The Morgan fingerprint density at radius 2 is 1.80 bits per heavy atom. The van der Waals surface area contributed by atoms with Crippen LogP contribution in [0.1, 0.15) is 42.5 Å². The molecule has 1 aromatic rings. The molecule has 0 amide bonds. The second-order valence-corrected chi connectivity index (χ2v) is 5.04. The quantitative estimate of drug-likeness (QED) is 0.455. The van der Waals surface area contributed by atoms with Gasteiger partial charge in [-0.2, -0.15) is 0 Å². The number of rotatable bonds is 6. The standard InChI is InChI=1S/C16H20O4/c17-12-13-6-8-15(9-7-13)19-10-11-20-16(18)14-4-2-1-3-5-14/h6-9,12,14H,1-5,10-11H2. The van der Waals surface area contributed by atoms with Crippen LogP contribution in [0.15, 0.2) is 24.3 Å². The predicted octanol–water partition coefficient (Wildman–Crippen LogP) is 3.00. The highest BCUT2D eigenvalue weighted by Crippen LogP contribution is 2.24. The summed E-state index contributed by atoms with van der Waals surface area (Å²) in [6.45, 7) is 0.601. The van der Waals surface area contributed by atoms with E-state index in [0.717, 1.165) is 32.0 Å². The third-order valence-electron chi connectivity index (χ3n) is 3.55. The lowest BCUT2D eigenvalue weighted by Crippen LogP contribution is -2.22. The second-order valence-electron chi connectivity index (χ2n) is 5.04. The van der Waals surface area contributed by atoms with E-state index in [-0.39, 0.29) is 18.5 Å². The van der Waals surface area contributed by atoms with Crippen molar-refractivity contribution in [1.29, 1.82) is 0 Å². The van der Waals surface area contributed by atoms with E-state index in [9.17, 15) is 9.59 Å². The van der Waals surface area contributed by atoms with Crippen LogP contribution >= 0.6 is 0 Å². The Morgan fingerprint density at radius 1 is 1.10 bits per heavy atom. The van der Waals surface area contributed by atoms with Gasteiger partial charge in [0.05, 0.1) is 5.92 Å². The molecule has 0 saturated heterocycles. The highest BCUT2D eigenvalue weighted by atomic mass is 16.6. The topological polar surface area (TPSA) is 52.6 Å². The van der Waals surface area contributed by atoms with Crippen LogP contribution in [0.5, 0.6) is 5.75 Å². The number of esters is 1. The minimum atomic E-state index is -0.0930. The summed E-state index contributed by atoms with van der Waals surface area (Å²) in [5, 5.41) is 0. The summed E-state index contributed by atoms with van der Waals surface area (Å²) in [6.07, 6.45) is 6.16. The molecule has 0 bridgehead atoms. The van der Waals surface area contributed by atoms with Gasteiger partial charge in [0.1, 0.15) is 25.2 Å². The molecule has 108 valence electrons. The maximum absolute atomic E-state index is 11.8. The van der Waals surface area contributed by atoms with Gasteiger partial charge in [-0.15, -0.1) is 0 Å². The lowest BCUT2D eigenvalue weighted by Gasteiger charge is -2.19. The van der Waals surface area contributed by atoms with E-state index in [2.05, 4.69) is 0 Å². The molecule has 2 rings (SSSR count). The minimum Gasteiger partial charge on any atom is -0.490 e. The first-order chi connectivity index (χ1) is 9.79. The number of hydrogen-bond acceptors (Lipinski definition) is 4. The predicted molar refractivity (Wildman–Crippen MR) is 74.9 cm³/mol. The molecule has 0 unspecified atom stereocenters. The lowest BCUT2D eigenvalue weighted by atomic mass is 9.89. The van der Waals surface area contributed by atoms with Crippen molar-refractivity contribution in [2.45, 2.75) is 32.1 Å². The number of benzene rings is 1. The molecule has 0 radical (unpaired) electrons. The van der Waals surface area contributed by atoms with E-state index in [1.54, 1.807) is 24.3 Å². The molecule has 0 spiro atoms. The average Bonchev–Trinajstić information content (AvgIpc) is 2.53. The van der Waals surface area contributed by atoms with Crippen molar-refractivity contribution in [3.63, 3.8) is 0 Å². The maximum atomic E-state index is 11.8. The van der Waals surface area contributed by atoms with Crippen molar-refractivity contribution in [1.82, 2.24) is 0 Å². The first-order valence-corrected chi connectivity index (χ1v) is 7.14. The van der Waals surface area contributed by atoms with Gasteiger partial charge >= 0.3 is 5.97 Å². The summed E-state index contributed by atoms with van der Waals surface area (Å²) in [6, 6.07) is 6.84. The van der Waals surface area contributed by atoms with Gasteiger partial charge in [-0.05, 0) is 37.1 Å². The number of carbonyl (C=O) groups is 2. The monoisotopic (exact) mass is 276 g/mol. The molecule has 1 aliphatic carbocycles. The number of aldehydes is 1. The summed E-state index contributed by atoms with van der Waals surface area (Å²) in [5.74, 6) is 0.657. The van der Waals surface area contributed by atoms with E-state index < -0.39 is 0 Å². The van der Waals surface area contributed by atoms with E-state index in [4.69, 9.17) is 9.47 Å². The zero-order chi connectivity index (χ0) is 14.2. The molecule has 0 aromatic heterocycles. The molecular formula is C16H20O4. The SMILES string of the molecule is O=Cc1ccc(OCCOC(=O)C2CCCCC2)cc1. The van der Waals surface area contributed by atoms with E-state index in [0.29, 0.717) is 17.9 Å². The summed E-state index contributed by atoms with van der Waals surface area (Å²) < 4.78 is 10.7. The Labute approximate surface area is 119 Å². The first-order valence-electron chi connectivity index (χ1n) is 7.14. The summed E-state index contributed by atoms with van der Waals surface area (Å²) in [7, 11) is 0. The molecule has 0 atom stereocenters. The fourth-order valence-electron chi connectivity index (χ4n) is 2.40. The molecule has 0 heterocycles. The molecule has 0 aliphatic heterocycles. The Kier molecular flexibility index (Phi) is 5.59. The van der Waals surface area contributed by atoms with Crippen LogP contribution in [0.4, 0.5) is 0 Å². The molecule has 4 heteroatoms. The van der Waals surface area contributed by atoms with Crippen LogP contribution in [0.25, 0.3) is 0 Å². The first kappa shape index (κ1) is 14.6. The highest BCUT2D eigenvalue weighted by molar-refractivity contribution is 5.74. The molecule has 1 saturated carbocycles. The van der Waals surface area contributed by atoms with Gasteiger partial charge in [-0.1, -0.05) is 19.3 Å². The fourth-order valence-corrected chi connectivity index (χ4v) is 2.40. The van der Waals surface area contributed by atoms with Gasteiger partial charge in [0.25, 0.3) is 0 Å². The van der Waals surface area contributed by atoms with Crippen LogP contribution in [-0.2, 0) is 9.53 Å². The van der Waals surface area contributed by atoms with Crippen molar-refractivity contribution in [3.8, 4) is 5.75 Å². The minimum absolute atomic E-state index is 0.0793.